The number of nitrogens with two attached hydrogens (primary N) is 1. The van der Waals surface area contributed by atoms with Gasteiger partial charge in [-0.25, -0.2) is 0 Å². The van der Waals surface area contributed by atoms with E-state index >= 15 is 0 Å². The Bertz CT molecular complexity index is 762. The molecule has 0 spiro atoms. The van der Waals surface area contributed by atoms with Gasteiger partial charge in [0.05, 0.1) is 14.2 Å². The van der Waals surface area contributed by atoms with E-state index in [9.17, 15) is 9.59 Å². The highest BCUT2D eigenvalue weighted by Gasteiger charge is 2.24. The van der Waals surface area contributed by atoms with Gasteiger partial charge in [-0.15, -0.1) is 0 Å². The van der Waals surface area contributed by atoms with Gasteiger partial charge >= 0.3 is 0 Å². The summed E-state index contributed by atoms with van der Waals surface area (Å²) in [5.41, 5.74) is 6.88. The molecular formula is C20H24N2O4. The molecule has 1 unspecified atom stereocenters. The Labute approximate surface area is 153 Å². The summed E-state index contributed by atoms with van der Waals surface area (Å²) in [4.78, 5) is 26.0. The monoisotopic (exact) mass is 356 g/mol. The summed E-state index contributed by atoms with van der Waals surface area (Å²) in [7, 11) is 4.73. The average Bonchev–Trinajstić information content (AvgIpc) is 2.66. The second-order valence-corrected chi connectivity index (χ2v) is 6.00. The van der Waals surface area contributed by atoms with Gasteiger partial charge in [0, 0.05) is 25.1 Å². The van der Waals surface area contributed by atoms with E-state index in [2.05, 4.69) is 0 Å². The highest BCUT2D eigenvalue weighted by atomic mass is 16.5. The fraction of sp³-hybridized carbons (Fsp3) is 0.300. The Hall–Kier alpha value is -3.02. The fourth-order valence-corrected chi connectivity index (χ4v) is 2.80. The van der Waals surface area contributed by atoms with E-state index in [-0.39, 0.29) is 18.4 Å². The number of rotatable bonds is 8. The normalized spacial score (nSPS) is 11.5. The maximum Gasteiger partial charge on any atom is 0.254 e. The molecule has 0 aliphatic heterocycles. The third-order valence-electron chi connectivity index (χ3n) is 4.25. The molecule has 26 heavy (non-hydrogen) atoms. The van der Waals surface area contributed by atoms with Crippen LogP contribution in [0.5, 0.6) is 11.5 Å². The van der Waals surface area contributed by atoms with Crippen LogP contribution < -0.4 is 15.2 Å². The zero-order chi connectivity index (χ0) is 19.1. The van der Waals surface area contributed by atoms with Crippen molar-refractivity contribution in [2.75, 3.05) is 21.3 Å². The molecule has 0 fully saturated rings. The van der Waals surface area contributed by atoms with E-state index in [1.54, 1.807) is 30.1 Å². The van der Waals surface area contributed by atoms with E-state index < -0.39 is 5.91 Å². The van der Waals surface area contributed by atoms with Crippen molar-refractivity contribution >= 4 is 11.8 Å². The number of methoxy groups -OCH3 is 2. The van der Waals surface area contributed by atoms with Crippen molar-refractivity contribution < 1.29 is 19.1 Å². The SMILES string of the molecule is COc1ccc(C(=O)N(C)C(CC(N)=O)Cc2ccccc2)cc1OC. The molecule has 0 aromatic heterocycles. The molecule has 6 heteroatoms. The molecular weight excluding hydrogens is 332 g/mol. The van der Waals surface area contributed by atoms with Crippen LogP contribution in [0.1, 0.15) is 22.3 Å². The number of primary amides is 1. The largest absolute Gasteiger partial charge is 0.493 e. The molecule has 2 N–H and O–H groups in total. The van der Waals surface area contributed by atoms with E-state index in [1.165, 1.54) is 14.2 Å². The maximum absolute atomic E-state index is 12.9. The van der Waals surface area contributed by atoms with E-state index in [0.717, 1.165) is 5.56 Å². The lowest BCUT2D eigenvalue weighted by Crippen LogP contribution is -2.41. The van der Waals surface area contributed by atoms with Gasteiger partial charge in [-0.1, -0.05) is 30.3 Å². The van der Waals surface area contributed by atoms with Crippen LogP contribution in [0.4, 0.5) is 0 Å². The number of likely N-dealkylation sites (N-methyl/N-ethyl adjacent to an activating group) is 1. The van der Waals surface area contributed by atoms with Gasteiger partial charge in [-0.3, -0.25) is 9.59 Å². The number of nitrogens with zero attached hydrogens (tertiary/aromatic N) is 1. The van der Waals surface area contributed by atoms with Crippen molar-refractivity contribution in [2.24, 2.45) is 5.73 Å². The molecule has 0 bridgehead atoms. The number of carbonyl (C=O) groups is 2. The number of amides is 2. The third kappa shape index (κ3) is 4.75. The Morgan fingerprint density at radius 2 is 1.69 bits per heavy atom. The number of carbonyl (C=O) groups excluding carboxylic acids is 2. The molecule has 0 saturated heterocycles. The first-order chi connectivity index (χ1) is 12.5. The van der Waals surface area contributed by atoms with E-state index in [1.807, 2.05) is 30.3 Å². The van der Waals surface area contributed by atoms with Crippen LogP contribution in [-0.4, -0.2) is 44.0 Å². The number of benzene rings is 2. The molecule has 2 aromatic carbocycles. The van der Waals surface area contributed by atoms with Crippen molar-refractivity contribution in [2.45, 2.75) is 18.9 Å². The van der Waals surface area contributed by atoms with Gasteiger partial charge in [-0.2, -0.15) is 0 Å². The van der Waals surface area contributed by atoms with Gasteiger partial charge in [0.25, 0.3) is 5.91 Å². The van der Waals surface area contributed by atoms with Gasteiger partial charge in [0.2, 0.25) is 5.91 Å². The molecule has 2 aromatic rings. The van der Waals surface area contributed by atoms with Crippen LogP contribution in [0.25, 0.3) is 0 Å². The summed E-state index contributed by atoms with van der Waals surface area (Å²) in [6, 6.07) is 14.3. The summed E-state index contributed by atoms with van der Waals surface area (Å²) in [5, 5.41) is 0. The lowest BCUT2D eigenvalue weighted by Gasteiger charge is -2.28. The zero-order valence-corrected chi connectivity index (χ0v) is 15.3. The van der Waals surface area contributed by atoms with Crippen LogP contribution in [0.15, 0.2) is 48.5 Å². The van der Waals surface area contributed by atoms with Crippen LogP contribution in [-0.2, 0) is 11.2 Å². The van der Waals surface area contributed by atoms with Gasteiger partial charge in [-0.05, 0) is 30.2 Å². The molecule has 2 rings (SSSR count). The summed E-state index contributed by atoms with van der Waals surface area (Å²) in [6.07, 6.45) is 0.629. The predicted octanol–water partition coefficient (Wildman–Crippen LogP) is 2.26. The fourth-order valence-electron chi connectivity index (χ4n) is 2.80. The summed E-state index contributed by atoms with van der Waals surface area (Å²) in [5.74, 6) is 0.358. The molecule has 0 heterocycles. The van der Waals surface area contributed by atoms with Crippen molar-refractivity contribution in [1.82, 2.24) is 4.90 Å². The highest BCUT2D eigenvalue weighted by molar-refractivity contribution is 5.95. The number of ether oxygens (including phenoxy) is 2. The standard InChI is InChI=1S/C20H24N2O4/c1-22(16(13-19(21)23)11-14-7-5-4-6-8-14)20(24)15-9-10-17(25-2)18(12-15)26-3/h4-10,12,16H,11,13H2,1-3H3,(H2,21,23). The first kappa shape index (κ1) is 19.3. The van der Waals surface area contributed by atoms with Crippen LogP contribution in [0.2, 0.25) is 0 Å². The Kier molecular flexibility index (Phi) is 6.60. The minimum Gasteiger partial charge on any atom is -0.493 e. The smallest absolute Gasteiger partial charge is 0.254 e. The van der Waals surface area contributed by atoms with E-state index in [0.29, 0.717) is 23.5 Å². The topological polar surface area (TPSA) is 81.9 Å². The molecule has 2 amide bonds. The van der Waals surface area contributed by atoms with Gasteiger partial charge in [0.1, 0.15) is 0 Å². The molecule has 0 aliphatic carbocycles. The lowest BCUT2D eigenvalue weighted by atomic mass is 10.0. The molecule has 1 atom stereocenters. The first-order valence-corrected chi connectivity index (χ1v) is 8.27. The van der Waals surface area contributed by atoms with Crippen molar-refractivity contribution in [3.05, 3.63) is 59.7 Å². The molecule has 0 saturated carbocycles. The maximum atomic E-state index is 12.9. The Morgan fingerprint density at radius 1 is 1.04 bits per heavy atom. The molecule has 138 valence electrons. The Morgan fingerprint density at radius 3 is 2.27 bits per heavy atom. The Balaban J connectivity index is 2.24. The molecule has 6 nitrogen and oxygen atoms in total. The van der Waals surface area contributed by atoms with Gasteiger partial charge < -0.3 is 20.1 Å². The van der Waals surface area contributed by atoms with Crippen LogP contribution in [0, 0.1) is 0 Å². The lowest BCUT2D eigenvalue weighted by molar-refractivity contribution is -0.118. The highest BCUT2D eigenvalue weighted by Crippen LogP contribution is 2.28. The van der Waals surface area contributed by atoms with Crippen molar-refractivity contribution in [3.8, 4) is 11.5 Å². The second-order valence-electron chi connectivity index (χ2n) is 6.00. The zero-order valence-electron chi connectivity index (χ0n) is 15.3. The van der Waals surface area contributed by atoms with Gasteiger partial charge in [0.15, 0.2) is 11.5 Å². The number of hydrogen-bond acceptors (Lipinski definition) is 4. The van der Waals surface area contributed by atoms with E-state index in [4.69, 9.17) is 15.2 Å². The first-order valence-electron chi connectivity index (χ1n) is 8.27. The van der Waals surface area contributed by atoms with Crippen molar-refractivity contribution in [1.29, 1.82) is 0 Å². The van der Waals surface area contributed by atoms with Crippen LogP contribution in [0.3, 0.4) is 0 Å². The number of hydrogen-bond donors (Lipinski definition) is 1. The third-order valence-corrected chi connectivity index (χ3v) is 4.25. The predicted molar refractivity (Wildman–Crippen MR) is 99.4 cm³/mol. The average molecular weight is 356 g/mol. The minimum absolute atomic E-state index is 0.0877. The summed E-state index contributed by atoms with van der Waals surface area (Å²) in [6.45, 7) is 0. The summed E-state index contributed by atoms with van der Waals surface area (Å²) < 4.78 is 10.5. The molecule has 0 radical (unpaired) electrons. The summed E-state index contributed by atoms with van der Waals surface area (Å²) >= 11 is 0. The quantitative estimate of drug-likeness (QED) is 0.787. The van der Waals surface area contributed by atoms with Crippen LogP contribution >= 0.6 is 0 Å². The molecule has 0 aliphatic rings. The van der Waals surface area contributed by atoms with Crippen molar-refractivity contribution in [3.63, 3.8) is 0 Å². The minimum atomic E-state index is -0.446. The second kappa shape index (κ2) is 8.89.